The highest BCUT2D eigenvalue weighted by Crippen LogP contribution is 2.27. The average molecular weight is 192 g/mol. The fraction of sp³-hybridized carbons (Fsp3) is 0.429. The van der Waals surface area contributed by atoms with Gasteiger partial charge in [-0.1, -0.05) is 11.6 Å². The van der Waals surface area contributed by atoms with Gasteiger partial charge >= 0.3 is 0 Å². The molecule has 0 spiro atoms. The van der Waals surface area contributed by atoms with Crippen molar-refractivity contribution in [2.45, 2.75) is 6.04 Å². The molecule has 0 aliphatic carbocycles. The first-order chi connectivity index (χ1) is 5.29. The molecule has 1 aromatic rings. The lowest BCUT2D eigenvalue weighted by Gasteiger charge is -2.11. The Morgan fingerprint density at radius 3 is 2.91 bits per heavy atom. The molecule has 1 atom stereocenters. The molecule has 11 heavy (non-hydrogen) atoms. The second kappa shape index (κ2) is 4.07. The number of rotatable bonds is 3. The quantitative estimate of drug-likeness (QED) is 0.762. The van der Waals surface area contributed by atoms with Gasteiger partial charge in [0.05, 0.1) is 17.0 Å². The Morgan fingerprint density at radius 2 is 2.55 bits per heavy atom. The normalized spacial score (nSPS) is 13.4. The Labute approximate surface area is 74.8 Å². The molecule has 1 rings (SSSR count). The highest BCUT2D eigenvalue weighted by atomic mass is 35.5. The predicted molar refractivity (Wildman–Crippen MR) is 48.2 cm³/mol. The van der Waals surface area contributed by atoms with E-state index in [1.54, 1.807) is 7.05 Å². The average Bonchev–Trinajstić information content (AvgIpc) is 2.40. The van der Waals surface area contributed by atoms with E-state index in [1.165, 1.54) is 11.3 Å². The molecule has 1 unspecified atom stereocenters. The third-order valence-corrected chi connectivity index (χ3v) is 2.75. The van der Waals surface area contributed by atoms with Gasteiger partial charge in [-0.25, -0.2) is 0 Å². The molecule has 0 saturated carbocycles. The van der Waals surface area contributed by atoms with Gasteiger partial charge in [-0.15, -0.1) is 11.3 Å². The summed E-state index contributed by atoms with van der Waals surface area (Å²) in [6.07, 6.45) is 0. The predicted octanol–water partition coefficient (Wildman–Crippen LogP) is 1.65. The van der Waals surface area contributed by atoms with Crippen LogP contribution in [0.2, 0.25) is 4.34 Å². The van der Waals surface area contributed by atoms with Crippen molar-refractivity contribution in [3.63, 3.8) is 0 Å². The third kappa shape index (κ3) is 1.93. The maximum absolute atomic E-state index is 8.91. The van der Waals surface area contributed by atoms with E-state index in [4.69, 9.17) is 16.7 Å². The largest absolute Gasteiger partial charge is 0.394 e. The van der Waals surface area contributed by atoms with Crippen molar-refractivity contribution in [1.82, 2.24) is 5.32 Å². The minimum absolute atomic E-state index is 0.0336. The second-order valence-electron chi connectivity index (χ2n) is 2.17. The zero-order chi connectivity index (χ0) is 8.27. The van der Waals surface area contributed by atoms with E-state index in [0.717, 1.165) is 9.90 Å². The summed E-state index contributed by atoms with van der Waals surface area (Å²) in [6, 6.07) is 1.89. The number of halogens is 1. The minimum Gasteiger partial charge on any atom is -0.394 e. The fourth-order valence-corrected chi connectivity index (χ4v) is 1.93. The van der Waals surface area contributed by atoms with Crippen LogP contribution < -0.4 is 5.32 Å². The lowest BCUT2D eigenvalue weighted by atomic mass is 10.2. The smallest absolute Gasteiger partial charge is 0.0977 e. The zero-order valence-corrected chi connectivity index (χ0v) is 7.75. The summed E-state index contributed by atoms with van der Waals surface area (Å²) in [5, 5.41) is 13.8. The van der Waals surface area contributed by atoms with Crippen molar-refractivity contribution in [2.24, 2.45) is 0 Å². The van der Waals surface area contributed by atoms with Crippen LogP contribution in [0.1, 0.15) is 11.6 Å². The van der Waals surface area contributed by atoms with E-state index in [9.17, 15) is 0 Å². The molecule has 0 bridgehead atoms. The number of thiophene rings is 1. The number of likely N-dealkylation sites (N-methyl/N-ethyl adjacent to an activating group) is 1. The fourth-order valence-electron chi connectivity index (χ4n) is 0.899. The first-order valence-corrected chi connectivity index (χ1v) is 4.56. The lowest BCUT2D eigenvalue weighted by Crippen LogP contribution is -2.19. The van der Waals surface area contributed by atoms with Gasteiger partial charge in [0.25, 0.3) is 0 Å². The number of hydrogen-bond donors (Lipinski definition) is 2. The highest BCUT2D eigenvalue weighted by molar-refractivity contribution is 7.14. The van der Waals surface area contributed by atoms with E-state index in [2.05, 4.69) is 5.32 Å². The first kappa shape index (κ1) is 9.00. The standard InChI is InChI=1S/C7H10ClNOS/c1-9-6(4-10)5-2-3-11-7(5)8/h2-3,6,9-10H,4H2,1H3. The van der Waals surface area contributed by atoms with E-state index >= 15 is 0 Å². The van der Waals surface area contributed by atoms with Gasteiger partial charge in [-0.3, -0.25) is 0 Å². The molecular formula is C7H10ClNOS. The van der Waals surface area contributed by atoms with Crippen LogP contribution in [-0.4, -0.2) is 18.8 Å². The Kier molecular flexibility index (Phi) is 3.33. The van der Waals surface area contributed by atoms with Crippen molar-refractivity contribution in [3.8, 4) is 0 Å². The van der Waals surface area contributed by atoms with Crippen molar-refractivity contribution in [1.29, 1.82) is 0 Å². The van der Waals surface area contributed by atoms with Crippen molar-refractivity contribution >= 4 is 22.9 Å². The Morgan fingerprint density at radius 1 is 1.82 bits per heavy atom. The molecule has 0 saturated heterocycles. The van der Waals surface area contributed by atoms with Crippen LogP contribution in [0.5, 0.6) is 0 Å². The van der Waals surface area contributed by atoms with Gasteiger partial charge in [0.1, 0.15) is 0 Å². The summed E-state index contributed by atoms with van der Waals surface area (Å²) < 4.78 is 0.749. The van der Waals surface area contributed by atoms with Crippen LogP contribution in [0.4, 0.5) is 0 Å². The number of aliphatic hydroxyl groups is 1. The first-order valence-electron chi connectivity index (χ1n) is 3.30. The topological polar surface area (TPSA) is 32.3 Å². The maximum Gasteiger partial charge on any atom is 0.0977 e. The Balaban J connectivity index is 2.81. The van der Waals surface area contributed by atoms with Gasteiger partial charge in [0.2, 0.25) is 0 Å². The van der Waals surface area contributed by atoms with E-state index in [1.807, 2.05) is 11.4 Å². The van der Waals surface area contributed by atoms with Crippen LogP contribution in [0.25, 0.3) is 0 Å². The summed E-state index contributed by atoms with van der Waals surface area (Å²) in [5.74, 6) is 0. The van der Waals surface area contributed by atoms with Gasteiger partial charge < -0.3 is 10.4 Å². The molecule has 0 fully saturated rings. The van der Waals surface area contributed by atoms with Crippen LogP contribution in [0.15, 0.2) is 11.4 Å². The number of aliphatic hydroxyl groups excluding tert-OH is 1. The molecule has 0 amide bonds. The molecule has 62 valence electrons. The molecule has 0 aliphatic heterocycles. The van der Waals surface area contributed by atoms with E-state index in [0.29, 0.717) is 0 Å². The Hall–Kier alpha value is -0.0900. The lowest BCUT2D eigenvalue weighted by molar-refractivity contribution is 0.251. The van der Waals surface area contributed by atoms with E-state index in [-0.39, 0.29) is 12.6 Å². The molecule has 2 nitrogen and oxygen atoms in total. The van der Waals surface area contributed by atoms with Crippen LogP contribution in [0, 0.1) is 0 Å². The van der Waals surface area contributed by atoms with Crippen LogP contribution >= 0.6 is 22.9 Å². The molecule has 0 aliphatic rings. The zero-order valence-electron chi connectivity index (χ0n) is 6.17. The number of hydrogen-bond acceptors (Lipinski definition) is 3. The summed E-state index contributed by atoms with van der Waals surface area (Å²) >= 11 is 7.34. The van der Waals surface area contributed by atoms with Crippen LogP contribution in [-0.2, 0) is 0 Å². The Bertz CT molecular complexity index is 222. The minimum atomic E-state index is -0.0336. The molecular weight excluding hydrogens is 182 g/mol. The molecule has 1 aromatic heterocycles. The van der Waals surface area contributed by atoms with E-state index < -0.39 is 0 Å². The molecule has 0 radical (unpaired) electrons. The molecule has 2 N–H and O–H groups in total. The molecule has 0 aromatic carbocycles. The summed E-state index contributed by atoms with van der Waals surface area (Å²) in [6.45, 7) is 0.0763. The third-order valence-electron chi connectivity index (χ3n) is 1.55. The number of nitrogens with one attached hydrogen (secondary N) is 1. The summed E-state index contributed by atoms with van der Waals surface area (Å²) in [5.41, 5.74) is 0.974. The van der Waals surface area contributed by atoms with Gasteiger partial charge in [-0.2, -0.15) is 0 Å². The van der Waals surface area contributed by atoms with Crippen molar-refractivity contribution in [3.05, 3.63) is 21.3 Å². The maximum atomic E-state index is 8.91. The summed E-state index contributed by atoms with van der Waals surface area (Å²) in [4.78, 5) is 0. The highest BCUT2D eigenvalue weighted by Gasteiger charge is 2.11. The van der Waals surface area contributed by atoms with Gasteiger partial charge in [0, 0.05) is 5.56 Å². The van der Waals surface area contributed by atoms with Crippen LogP contribution in [0.3, 0.4) is 0 Å². The van der Waals surface area contributed by atoms with Crippen molar-refractivity contribution < 1.29 is 5.11 Å². The van der Waals surface area contributed by atoms with Gasteiger partial charge in [-0.05, 0) is 18.5 Å². The monoisotopic (exact) mass is 191 g/mol. The SMILES string of the molecule is CNC(CO)c1ccsc1Cl. The van der Waals surface area contributed by atoms with Gasteiger partial charge in [0.15, 0.2) is 0 Å². The second-order valence-corrected chi connectivity index (χ2v) is 3.69. The van der Waals surface area contributed by atoms with Crippen molar-refractivity contribution in [2.75, 3.05) is 13.7 Å². The summed E-state index contributed by atoms with van der Waals surface area (Å²) in [7, 11) is 1.80. The molecule has 4 heteroatoms. The molecule has 1 heterocycles.